The van der Waals surface area contributed by atoms with Crippen molar-refractivity contribution in [3.05, 3.63) is 85.6 Å². The Morgan fingerprint density at radius 1 is 1.00 bits per heavy atom. The van der Waals surface area contributed by atoms with Gasteiger partial charge in [0.05, 0.1) is 24.9 Å². The molecule has 7 nitrogen and oxygen atoms in total. The minimum absolute atomic E-state index is 0.141. The summed E-state index contributed by atoms with van der Waals surface area (Å²) in [5, 5.41) is 6.83. The molecule has 2 heterocycles. The highest BCUT2D eigenvalue weighted by molar-refractivity contribution is 5.90. The molecule has 1 N–H and O–H groups in total. The van der Waals surface area contributed by atoms with Gasteiger partial charge in [0.2, 0.25) is 5.91 Å². The summed E-state index contributed by atoms with van der Waals surface area (Å²) in [5.41, 5.74) is 2.69. The second-order valence-corrected chi connectivity index (χ2v) is 6.25. The maximum Gasteiger partial charge on any atom is 0.227 e. The molecule has 144 valence electrons. The molecule has 4 rings (SSSR count). The number of carbonyl (C=O) groups is 1. The molecule has 0 aliphatic carbocycles. The smallest absolute Gasteiger partial charge is 0.227 e. The molecule has 0 bridgehead atoms. The number of aromatic nitrogens is 4. The highest BCUT2D eigenvalue weighted by Crippen LogP contribution is 2.29. The van der Waals surface area contributed by atoms with Crippen molar-refractivity contribution in [2.24, 2.45) is 0 Å². The van der Waals surface area contributed by atoms with Crippen LogP contribution in [0, 0.1) is 0 Å². The minimum atomic E-state index is -0.141. The van der Waals surface area contributed by atoms with Gasteiger partial charge in [-0.05, 0) is 23.8 Å². The summed E-state index contributed by atoms with van der Waals surface area (Å²) in [6.45, 7) is 0.278. The Kier molecular flexibility index (Phi) is 5.57. The van der Waals surface area contributed by atoms with Crippen molar-refractivity contribution in [2.45, 2.75) is 6.42 Å². The van der Waals surface area contributed by atoms with Crippen LogP contribution >= 0.6 is 0 Å². The molecule has 0 radical (unpaired) electrons. The molecule has 29 heavy (non-hydrogen) atoms. The second kappa shape index (κ2) is 8.79. The molecule has 0 fully saturated rings. The molecule has 0 aliphatic rings. The topological polar surface area (TPSA) is 81.9 Å². The Bertz CT molecular complexity index is 1060. The molecule has 0 saturated carbocycles. The Balaban J connectivity index is 1.32. The van der Waals surface area contributed by atoms with Gasteiger partial charge in [-0.25, -0.2) is 14.6 Å². The van der Waals surface area contributed by atoms with Crippen molar-refractivity contribution in [2.75, 3.05) is 11.9 Å². The monoisotopic (exact) mass is 385 g/mol. The van der Waals surface area contributed by atoms with Gasteiger partial charge >= 0.3 is 0 Å². The minimum Gasteiger partial charge on any atom is -0.492 e. The fraction of sp³-hybridized carbons (Fsp3) is 0.0909. The number of hydrogen-bond donors (Lipinski definition) is 1. The van der Waals surface area contributed by atoms with Crippen molar-refractivity contribution < 1.29 is 9.53 Å². The SMILES string of the molecule is O=C(CCOc1ccccc1-c1ccccc1)Nc1ccc(-n2cncn2)nc1. The van der Waals surface area contributed by atoms with Crippen LogP contribution in [0.3, 0.4) is 0 Å². The number of anilines is 1. The maximum absolute atomic E-state index is 12.2. The van der Waals surface area contributed by atoms with E-state index in [9.17, 15) is 4.79 Å². The van der Waals surface area contributed by atoms with Crippen LogP contribution in [0.1, 0.15) is 6.42 Å². The summed E-state index contributed by atoms with van der Waals surface area (Å²) in [5.74, 6) is 1.24. The van der Waals surface area contributed by atoms with E-state index in [-0.39, 0.29) is 18.9 Å². The number of pyridine rings is 1. The first-order chi connectivity index (χ1) is 14.3. The number of para-hydroxylation sites is 1. The van der Waals surface area contributed by atoms with Gasteiger partial charge in [0.1, 0.15) is 18.4 Å². The predicted molar refractivity (Wildman–Crippen MR) is 110 cm³/mol. The van der Waals surface area contributed by atoms with E-state index in [2.05, 4.69) is 20.4 Å². The Labute approximate surface area is 168 Å². The van der Waals surface area contributed by atoms with Crippen molar-refractivity contribution in [3.8, 4) is 22.7 Å². The van der Waals surface area contributed by atoms with E-state index in [0.717, 1.165) is 16.9 Å². The molecule has 7 heteroatoms. The number of amides is 1. The molecule has 0 atom stereocenters. The van der Waals surface area contributed by atoms with Crippen LogP contribution in [0.15, 0.2) is 85.6 Å². The first kappa shape index (κ1) is 18.4. The lowest BCUT2D eigenvalue weighted by Crippen LogP contribution is -2.15. The number of hydrogen-bond acceptors (Lipinski definition) is 5. The summed E-state index contributed by atoms with van der Waals surface area (Å²) in [4.78, 5) is 20.4. The van der Waals surface area contributed by atoms with Crippen LogP contribution in [-0.2, 0) is 4.79 Å². The van der Waals surface area contributed by atoms with Crippen LogP contribution in [0.4, 0.5) is 5.69 Å². The summed E-state index contributed by atoms with van der Waals surface area (Å²) in [7, 11) is 0. The summed E-state index contributed by atoms with van der Waals surface area (Å²) >= 11 is 0. The first-order valence-electron chi connectivity index (χ1n) is 9.18. The first-order valence-corrected chi connectivity index (χ1v) is 9.18. The Hall–Kier alpha value is -4.00. The number of ether oxygens (including phenoxy) is 1. The fourth-order valence-electron chi connectivity index (χ4n) is 2.85. The summed E-state index contributed by atoms with van der Waals surface area (Å²) in [6, 6.07) is 21.4. The van der Waals surface area contributed by atoms with Gasteiger partial charge in [-0.1, -0.05) is 48.5 Å². The number of rotatable bonds is 7. The van der Waals surface area contributed by atoms with Gasteiger partial charge in [0.25, 0.3) is 0 Å². The lowest BCUT2D eigenvalue weighted by Gasteiger charge is -2.12. The number of carbonyl (C=O) groups excluding carboxylic acids is 1. The molecule has 0 saturated heterocycles. The van der Waals surface area contributed by atoms with Crippen LogP contribution in [0.25, 0.3) is 16.9 Å². The van der Waals surface area contributed by atoms with Gasteiger partial charge in [-0.3, -0.25) is 4.79 Å². The lowest BCUT2D eigenvalue weighted by molar-refractivity contribution is -0.116. The quantitative estimate of drug-likeness (QED) is 0.524. The largest absolute Gasteiger partial charge is 0.492 e. The van der Waals surface area contributed by atoms with Crippen LogP contribution < -0.4 is 10.1 Å². The fourth-order valence-corrected chi connectivity index (χ4v) is 2.85. The Morgan fingerprint density at radius 2 is 1.83 bits per heavy atom. The van der Waals surface area contributed by atoms with E-state index in [1.165, 1.54) is 6.33 Å². The zero-order chi connectivity index (χ0) is 19.9. The number of nitrogens with zero attached hydrogens (tertiary/aromatic N) is 4. The van der Waals surface area contributed by atoms with Crippen LogP contribution in [0.2, 0.25) is 0 Å². The van der Waals surface area contributed by atoms with Crippen molar-refractivity contribution in [1.82, 2.24) is 19.7 Å². The van der Waals surface area contributed by atoms with Gasteiger partial charge in [0.15, 0.2) is 5.82 Å². The van der Waals surface area contributed by atoms with Gasteiger partial charge in [-0.15, -0.1) is 0 Å². The molecular formula is C22H19N5O2. The maximum atomic E-state index is 12.2. The highest BCUT2D eigenvalue weighted by Gasteiger charge is 2.08. The van der Waals surface area contributed by atoms with Crippen molar-refractivity contribution in [3.63, 3.8) is 0 Å². The average Bonchev–Trinajstić information content (AvgIpc) is 3.30. The third-order valence-corrected chi connectivity index (χ3v) is 4.24. The van der Waals surface area contributed by atoms with Gasteiger partial charge < -0.3 is 10.1 Å². The number of nitrogens with one attached hydrogen (secondary N) is 1. The van der Waals surface area contributed by atoms with E-state index in [1.807, 2.05) is 54.6 Å². The highest BCUT2D eigenvalue weighted by atomic mass is 16.5. The van der Waals surface area contributed by atoms with E-state index in [4.69, 9.17) is 4.74 Å². The van der Waals surface area contributed by atoms with Crippen LogP contribution in [-0.4, -0.2) is 32.3 Å². The van der Waals surface area contributed by atoms with Gasteiger partial charge in [-0.2, -0.15) is 5.10 Å². The normalized spacial score (nSPS) is 10.5. The number of benzene rings is 2. The Morgan fingerprint density at radius 3 is 2.59 bits per heavy atom. The standard InChI is InChI=1S/C22H19N5O2/c28-22(26-18-10-11-21(24-14-18)27-16-23-15-25-27)12-13-29-20-9-5-4-8-19(20)17-6-2-1-3-7-17/h1-11,14-16H,12-13H2,(H,26,28). The predicted octanol–water partition coefficient (Wildman–Crippen LogP) is 3.74. The second-order valence-electron chi connectivity index (χ2n) is 6.25. The summed E-state index contributed by atoms with van der Waals surface area (Å²) < 4.78 is 7.42. The third-order valence-electron chi connectivity index (χ3n) is 4.24. The molecule has 0 unspecified atom stereocenters. The molecule has 4 aromatic rings. The van der Waals surface area contributed by atoms with Crippen molar-refractivity contribution >= 4 is 11.6 Å². The van der Waals surface area contributed by atoms with Crippen molar-refractivity contribution in [1.29, 1.82) is 0 Å². The zero-order valence-corrected chi connectivity index (χ0v) is 15.6. The summed E-state index contributed by atoms with van der Waals surface area (Å²) in [6.07, 6.45) is 4.81. The molecule has 1 amide bonds. The molecule has 0 aliphatic heterocycles. The molecular weight excluding hydrogens is 366 g/mol. The van der Waals surface area contributed by atoms with E-state index in [0.29, 0.717) is 11.5 Å². The molecule has 2 aromatic carbocycles. The third kappa shape index (κ3) is 4.65. The molecule has 0 spiro atoms. The van der Waals surface area contributed by atoms with E-state index in [1.54, 1.807) is 29.3 Å². The zero-order valence-electron chi connectivity index (χ0n) is 15.6. The van der Waals surface area contributed by atoms with Crippen LogP contribution in [0.5, 0.6) is 5.75 Å². The average molecular weight is 385 g/mol. The van der Waals surface area contributed by atoms with E-state index < -0.39 is 0 Å². The molecule has 2 aromatic heterocycles. The van der Waals surface area contributed by atoms with E-state index >= 15 is 0 Å². The van der Waals surface area contributed by atoms with Gasteiger partial charge in [0, 0.05) is 5.56 Å². The lowest BCUT2D eigenvalue weighted by atomic mass is 10.1.